The van der Waals surface area contributed by atoms with Crippen molar-refractivity contribution in [2.24, 2.45) is 5.92 Å². The van der Waals surface area contributed by atoms with Gasteiger partial charge in [0.1, 0.15) is 12.0 Å². The van der Waals surface area contributed by atoms with Gasteiger partial charge in [0.05, 0.1) is 18.1 Å². The Kier molecular flexibility index (Phi) is 4.16. The lowest BCUT2D eigenvalue weighted by molar-refractivity contribution is -0.384. The van der Waals surface area contributed by atoms with E-state index in [0.29, 0.717) is 18.8 Å². The third-order valence-corrected chi connectivity index (χ3v) is 3.44. The molecule has 1 atom stereocenters. The summed E-state index contributed by atoms with van der Waals surface area (Å²) in [5.41, 5.74) is -0.0188. The maximum absolute atomic E-state index is 13.6. The molecule has 1 aliphatic heterocycles. The van der Waals surface area contributed by atoms with Gasteiger partial charge < -0.3 is 14.4 Å². The van der Waals surface area contributed by atoms with Crippen LogP contribution in [0.2, 0.25) is 0 Å². The fourth-order valence-electron chi connectivity index (χ4n) is 2.43. The number of rotatable bonds is 4. The van der Waals surface area contributed by atoms with E-state index < -0.39 is 10.7 Å². The van der Waals surface area contributed by atoms with Crippen LogP contribution in [-0.2, 0) is 4.79 Å². The Morgan fingerprint density at radius 2 is 2.30 bits per heavy atom. The second-order valence-electron chi connectivity index (χ2n) is 4.72. The quantitative estimate of drug-likeness (QED) is 0.480. The maximum atomic E-state index is 13.6. The molecule has 1 saturated heterocycles. The summed E-state index contributed by atoms with van der Waals surface area (Å²) in [6.45, 7) is 0.999. The summed E-state index contributed by atoms with van der Waals surface area (Å²) < 4.78 is 18.5. The zero-order valence-electron chi connectivity index (χ0n) is 11.0. The van der Waals surface area contributed by atoms with E-state index in [1.165, 1.54) is 13.2 Å². The largest absolute Gasteiger partial charge is 0.494 e. The van der Waals surface area contributed by atoms with E-state index in [2.05, 4.69) is 0 Å². The molecule has 0 amide bonds. The van der Waals surface area contributed by atoms with Gasteiger partial charge in [-0.2, -0.15) is 0 Å². The molecule has 6 nitrogen and oxygen atoms in total. The molecule has 0 aromatic heterocycles. The number of ether oxygens (including phenoxy) is 1. The average molecular weight is 282 g/mol. The molecule has 1 unspecified atom stereocenters. The summed E-state index contributed by atoms with van der Waals surface area (Å²) in [5, 5.41) is 11.1. The average Bonchev–Trinajstić information content (AvgIpc) is 2.46. The van der Waals surface area contributed by atoms with Gasteiger partial charge in [-0.3, -0.25) is 10.1 Å². The van der Waals surface area contributed by atoms with Gasteiger partial charge in [-0.25, -0.2) is 4.39 Å². The molecular weight excluding hydrogens is 267 g/mol. The van der Waals surface area contributed by atoms with Crippen LogP contribution in [-0.4, -0.2) is 31.4 Å². The number of aldehydes is 1. The number of hydrogen-bond acceptors (Lipinski definition) is 5. The van der Waals surface area contributed by atoms with E-state index in [1.54, 1.807) is 4.90 Å². The highest BCUT2D eigenvalue weighted by Crippen LogP contribution is 2.36. The molecular formula is C13H15FN2O4. The fourth-order valence-corrected chi connectivity index (χ4v) is 2.43. The fraction of sp³-hybridized carbons (Fsp3) is 0.462. The number of piperidine rings is 1. The lowest BCUT2D eigenvalue weighted by Gasteiger charge is -2.31. The van der Waals surface area contributed by atoms with Crippen LogP contribution in [0.4, 0.5) is 15.8 Å². The number of carbonyl (C=O) groups excluding carboxylic acids is 1. The molecule has 0 N–H and O–H groups in total. The first-order valence-electron chi connectivity index (χ1n) is 6.29. The van der Waals surface area contributed by atoms with Gasteiger partial charge in [0.2, 0.25) is 0 Å². The highest BCUT2D eigenvalue weighted by Gasteiger charge is 2.27. The molecule has 0 spiro atoms. The van der Waals surface area contributed by atoms with Crippen molar-refractivity contribution in [1.82, 2.24) is 0 Å². The predicted molar refractivity (Wildman–Crippen MR) is 70.6 cm³/mol. The predicted octanol–water partition coefficient (Wildman–Crippen LogP) is 2.16. The molecule has 1 heterocycles. The van der Waals surface area contributed by atoms with E-state index in [-0.39, 0.29) is 17.4 Å². The zero-order chi connectivity index (χ0) is 14.7. The smallest absolute Gasteiger partial charge is 0.295 e. The highest BCUT2D eigenvalue weighted by molar-refractivity contribution is 5.67. The lowest BCUT2D eigenvalue weighted by Crippen LogP contribution is -2.36. The molecule has 2 rings (SSSR count). The van der Waals surface area contributed by atoms with E-state index in [1.807, 2.05) is 0 Å². The first-order valence-corrected chi connectivity index (χ1v) is 6.29. The monoisotopic (exact) mass is 282 g/mol. The van der Waals surface area contributed by atoms with Crippen molar-refractivity contribution in [3.63, 3.8) is 0 Å². The molecule has 108 valence electrons. The van der Waals surface area contributed by atoms with Gasteiger partial charge in [-0.05, 0) is 12.8 Å². The number of nitrogens with zero attached hydrogens (tertiary/aromatic N) is 2. The van der Waals surface area contributed by atoms with Crippen LogP contribution in [0.5, 0.6) is 5.75 Å². The van der Waals surface area contributed by atoms with Crippen molar-refractivity contribution in [1.29, 1.82) is 0 Å². The SMILES string of the molecule is COc1cc(N2CCCC(C=O)C2)c([N+](=O)[O-])cc1F. The molecule has 0 aliphatic carbocycles. The van der Waals surface area contributed by atoms with Crippen LogP contribution in [0.1, 0.15) is 12.8 Å². The second kappa shape index (κ2) is 5.85. The summed E-state index contributed by atoms with van der Waals surface area (Å²) in [5.74, 6) is -0.967. The van der Waals surface area contributed by atoms with E-state index >= 15 is 0 Å². The summed E-state index contributed by atoms with van der Waals surface area (Å²) in [4.78, 5) is 23.1. The summed E-state index contributed by atoms with van der Waals surface area (Å²) in [6, 6.07) is 2.18. The Bertz CT molecular complexity index is 535. The number of hydrogen-bond donors (Lipinski definition) is 0. The van der Waals surface area contributed by atoms with Crippen molar-refractivity contribution >= 4 is 17.7 Å². The van der Waals surface area contributed by atoms with Gasteiger partial charge in [0.15, 0.2) is 11.6 Å². The standard InChI is InChI=1S/C13H15FN2O4/c1-20-13-6-11(12(16(18)19)5-10(13)14)15-4-2-3-9(7-15)8-17/h5-6,8-9H,2-4,7H2,1H3. The first kappa shape index (κ1) is 14.2. The minimum absolute atomic E-state index is 0.0428. The minimum atomic E-state index is -0.771. The van der Waals surface area contributed by atoms with E-state index in [9.17, 15) is 19.3 Å². The number of halogens is 1. The Morgan fingerprint density at radius 1 is 1.55 bits per heavy atom. The minimum Gasteiger partial charge on any atom is -0.494 e. The number of anilines is 1. The van der Waals surface area contributed by atoms with E-state index in [4.69, 9.17) is 4.74 Å². The third-order valence-electron chi connectivity index (χ3n) is 3.44. The topological polar surface area (TPSA) is 72.7 Å². The molecule has 0 saturated carbocycles. The Hall–Kier alpha value is -2.18. The molecule has 20 heavy (non-hydrogen) atoms. The van der Waals surface area contributed by atoms with Crippen molar-refractivity contribution in [2.45, 2.75) is 12.8 Å². The van der Waals surface area contributed by atoms with Gasteiger partial charge >= 0.3 is 0 Å². The Morgan fingerprint density at radius 3 is 2.90 bits per heavy atom. The first-order chi connectivity index (χ1) is 9.56. The Labute approximate surface area is 115 Å². The van der Waals surface area contributed by atoms with Gasteiger partial charge in [-0.15, -0.1) is 0 Å². The maximum Gasteiger partial charge on any atom is 0.295 e. The summed E-state index contributed by atoms with van der Waals surface area (Å²) in [7, 11) is 1.30. The van der Waals surface area contributed by atoms with Gasteiger partial charge in [0.25, 0.3) is 5.69 Å². The Balaban J connectivity index is 2.42. The van der Waals surface area contributed by atoms with Crippen LogP contribution in [0.25, 0.3) is 0 Å². The van der Waals surface area contributed by atoms with Crippen molar-refractivity contribution in [3.8, 4) is 5.75 Å². The van der Waals surface area contributed by atoms with E-state index in [0.717, 1.165) is 25.2 Å². The molecule has 1 aromatic rings. The van der Waals surface area contributed by atoms with Crippen LogP contribution in [0, 0.1) is 21.8 Å². The number of methoxy groups -OCH3 is 1. The van der Waals surface area contributed by atoms with Crippen molar-refractivity contribution in [2.75, 3.05) is 25.1 Å². The molecule has 0 radical (unpaired) electrons. The molecule has 1 aliphatic rings. The van der Waals surface area contributed by atoms with Crippen LogP contribution < -0.4 is 9.64 Å². The lowest BCUT2D eigenvalue weighted by atomic mass is 9.99. The number of nitro groups is 1. The van der Waals surface area contributed by atoms with Crippen LogP contribution in [0.3, 0.4) is 0 Å². The van der Waals surface area contributed by atoms with Crippen molar-refractivity contribution in [3.05, 3.63) is 28.1 Å². The summed E-state index contributed by atoms with van der Waals surface area (Å²) in [6.07, 6.45) is 2.39. The second-order valence-corrected chi connectivity index (χ2v) is 4.72. The third kappa shape index (κ3) is 2.71. The van der Waals surface area contributed by atoms with Crippen LogP contribution in [0.15, 0.2) is 12.1 Å². The molecule has 1 aromatic carbocycles. The summed E-state index contributed by atoms with van der Waals surface area (Å²) >= 11 is 0. The number of nitro benzene ring substituents is 1. The zero-order valence-corrected chi connectivity index (χ0v) is 11.0. The highest BCUT2D eigenvalue weighted by atomic mass is 19.1. The van der Waals surface area contributed by atoms with Crippen LogP contribution >= 0.6 is 0 Å². The molecule has 1 fully saturated rings. The molecule has 7 heteroatoms. The van der Waals surface area contributed by atoms with Gasteiger partial charge in [-0.1, -0.05) is 0 Å². The number of carbonyl (C=O) groups is 1. The van der Waals surface area contributed by atoms with Crippen molar-refractivity contribution < 1.29 is 18.8 Å². The van der Waals surface area contributed by atoms with Gasteiger partial charge in [0, 0.05) is 25.1 Å². The normalized spacial score (nSPS) is 18.7. The molecule has 0 bridgehead atoms. The number of benzene rings is 1.